The van der Waals surface area contributed by atoms with Gasteiger partial charge < -0.3 is 9.84 Å². The Hall–Kier alpha value is -2.50. The molecule has 0 radical (unpaired) electrons. The Bertz CT molecular complexity index is 661. The fourth-order valence-corrected chi connectivity index (χ4v) is 1.73. The normalized spacial score (nSPS) is 11.2. The summed E-state index contributed by atoms with van der Waals surface area (Å²) in [5.41, 5.74) is -0.299. The lowest BCUT2D eigenvalue weighted by Gasteiger charge is -2.12. The molecule has 0 aliphatic rings. The van der Waals surface area contributed by atoms with Crippen LogP contribution >= 0.6 is 0 Å². The molecule has 0 heterocycles. The number of hydrogen-bond acceptors (Lipinski definition) is 2. The van der Waals surface area contributed by atoms with Crippen molar-refractivity contribution in [3.8, 4) is 11.5 Å². The van der Waals surface area contributed by atoms with Gasteiger partial charge in [-0.1, -0.05) is 0 Å². The summed E-state index contributed by atoms with van der Waals surface area (Å²) in [5, 5.41) is 8.77. The molecule has 0 unspecified atom stereocenters. The quantitative estimate of drug-likeness (QED) is 0.906. The highest BCUT2D eigenvalue weighted by Crippen LogP contribution is 2.33. The van der Waals surface area contributed by atoms with Crippen LogP contribution in [0.1, 0.15) is 21.5 Å². The van der Waals surface area contributed by atoms with Crippen LogP contribution in [-0.2, 0) is 6.18 Å². The van der Waals surface area contributed by atoms with E-state index in [-0.39, 0.29) is 11.3 Å². The first-order valence-corrected chi connectivity index (χ1v) is 5.96. The molecule has 2 aromatic carbocycles. The van der Waals surface area contributed by atoms with Crippen molar-refractivity contribution in [3.05, 3.63) is 59.2 Å². The second-order valence-corrected chi connectivity index (χ2v) is 4.41. The lowest BCUT2D eigenvalue weighted by atomic mass is 10.1. The first kappa shape index (κ1) is 14.9. The van der Waals surface area contributed by atoms with Crippen molar-refractivity contribution in [2.24, 2.45) is 0 Å². The molecule has 1 N–H and O–H groups in total. The van der Waals surface area contributed by atoms with Crippen LogP contribution in [0.25, 0.3) is 0 Å². The maximum atomic E-state index is 12.6. The topological polar surface area (TPSA) is 46.5 Å². The van der Waals surface area contributed by atoms with Gasteiger partial charge in [0.05, 0.1) is 11.1 Å². The number of aryl methyl sites for hydroxylation is 1. The van der Waals surface area contributed by atoms with Gasteiger partial charge in [0.15, 0.2) is 0 Å². The van der Waals surface area contributed by atoms with Gasteiger partial charge in [0.25, 0.3) is 0 Å². The van der Waals surface area contributed by atoms with Gasteiger partial charge in [0.2, 0.25) is 0 Å². The zero-order chi connectivity index (χ0) is 15.6. The summed E-state index contributed by atoms with van der Waals surface area (Å²) in [6.07, 6.45) is -4.40. The van der Waals surface area contributed by atoms with Crippen molar-refractivity contribution < 1.29 is 27.8 Å². The number of ether oxygens (including phenoxy) is 1. The zero-order valence-electron chi connectivity index (χ0n) is 10.9. The van der Waals surface area contributed by atoms with E-state index in [0.29, 0.717) is 11.3 Å². The van der Waals surface area contributed by atoms with Crippen LogP contribution in [0.5, 0.6) is 11.5 Å². The summed E-state index contributed by atoms with van der Waals surface area (Å²) < 4.78 is 43.1. The summed E-state index contributed by atoms with van der Waals surface area (Å²) in [5.74, 6) is -0.429. The van der Waals surface area contributed by atoms with E-state index in [0.717, 1.165) is 12.1 Å². The number of hydrogen-bond donors (Lipinski definition) is 1. The van der Waals surface area contributed by atoms with Crippen molar-refractivity contribution in [2.45, 2.75) is 13.1 Å². The molecule has 110 valence electrons. The highest BCUT2D eigenvalue weighted by Gasteiger charge is 2.30. The number of carbonyl (C=O) groups is 1. The molecule has 0 saturated carbocycles. The highest BCUT2D eigenvalue weighted by molar-refractivity contribution is 5.87. The third kappa shape index (κ3) is 3.53. The molecule has 0 saturated heterocycles. The Balaban J connectivity index is 2.22. The van der Waals surface area contributed by atoms with Gasteiger partial charge in [-0.05, 0) is 55.0 Å². The standard InChI is InChI=1S/C15H11F3O3/c1-9-8-11(15(16,17)18)4-7-13(9)21-12-5-2-10(3-6-12)14(19)20/h2-8H,1H3,(H,19,20). The van der Waals surface area contributed by atoms with Gasteiger partial charge in [-0.15, -0.1) is 0 Å². The molecule has 3 nitrogen and oxygen atoms in total. The van der Waals surface area contributed by atoms with E-state index in [9.17, 15) is 18.0 Å². The Morgan fingerprint density at radius 1 is 1.10 bits per heavy atom. The average Bonchev–Trinajstić information content (AvgIpc) is 2.40. The van der Waals surface area contributed by atoms with Crippen LogP contribution in [0.15, 0.2) is 42.5 Å². The average molecular weight is 296 g/mol. The molecule has 0 spiro atoms. The maximum absolute atomic E-state index is 12.6. The SMILES string of the molecule is Cc1cc(C(F)(F)F)ccc1Oc1ccc(C(=O)O)cc1. The summed E-state index contributed by atoms with van der Waals surface area (Å²) in [4.78, 5) is 10.7. The molecule has 0 amide bonds. The Morgan fingerprint density at radius 3 is 2.19 bits per heavy atom. The number of rotatable bonds is 3. The summed E-state index contributed by atoms with van der Waals surface area (Å²) in [6, 6.07) is 8.79. The summed E-state index contributed by atoms with van der Waals surface area (Å²) in [6.45, 7) is 1.51. The molecule has 6 heteroatoms. The van der Waals surface area contributed by atoms with E-state index in [1.165, 1.54) is 37.3 Å². The first-order chi connectivity index (χ1) is 9.77. The molecule has 2 rings (SSSR count). The van der Waals surface area contributed by atoms with Crippen LogP contribution in [0.2, 0.25) is 0 Å². The molecular formula is C15H11F3O3. The van der Waals surface area contributed by atoms with Gasteiger partial charge in [-0.25, -0.2) is 4.79 Å². The molecule has 0 fully saturated rings. The number of carboxylic acids is 1. The van der Waals surface area contributed by atoms with E-state index >= 15 is 0 Å². The Labute approximate surface area is 118 Å². The number of alkyl halides is 3. The van der Waals surface area contributed by atoms with E-state index in [4.69, 9.17) is 9.84 Å². The molecule has 0 atom stereocenters. The molecule has 0 aliphatic carbocycles. The molecule has 0 aliphatic heterocycles. The van der Waals surface area contributed by atoms with Gasteiger partial charge in [0.1, 0.15) is 11.5 Å². The summed E-state index contributed by atoms with van der Waals surface area (Å²) >= 11 is 0. The van der Waals surface area contributed by atoms with Crippen molar-refractivity contribution in [2.75, 3.05) is 0 Å². The van der Waals surface area contributed by atoms with E-state index in [2.05, 4.69) is 0 Å². The smallest absolute Gasteiger partial charge is 0.416 e. The van der Waals surface area contributed by atoms with E-state index in [1.54, 1.807) is 0 Å². The lowest BCUT2D eigenvalue weighted by Crippen LogP contribution is -2.05. The molecule has 0 aromatic heterocycles. The molecule has 0 bridgehead atoms. The third-order valence-corrected chi connectivity index (χ3v) is 2.83. The predicted octanol–water partition coefficient (Wildman–Crippen LogP) is 4.50. The third-order valence-electron chi connectivity index (χ3n) is 2.83. The van der Waals surface area contributed by atoms with Gasteiger partial charge in [-0.3, -0.25) is 0 Å². The largest absolute Gasteiger partial charge is 0.478 e. The number of benzene rings is 2. The van der Waals surface area contributed by atoms with Gasteiger partial charge in [-0.2, -0.15) is 13.2 Å². The minimum Gasteiger partial charge on any atom is -0.478 e. The van der Waals surface area contributed by atoms with Crippen LogP contribution < -0.4 is 4.74 Å². The first-order valence-electron chi connectivity index (χ1n) is 5.96. The fraction of sp³-hybridized carbons (Fsp3) is 0.133. The van der Waals surface area contributed by atoms with Gasteiger partial charge in [0, 0.05) is 0 Å². The minimum absolute atomic E-state index is 0.103. The molecule has 2 aromatic rings. The van der Waals surface area contributed by atoms with Crippen molar-refractivity contribution >= 4 is 5.97 Å². The van der Waals surface area contributed by atoms with Crippen LogP contribution in [0, 0.1) is 6.92 Å². The predicted molar refractivity (Wildman–Crippen MR) is 69.7 cm³/mol. The fourth-order valence-electron chi connectivity index (χ4n) is 1.73. The number of carboxylic acid groups (broad SMARTS) is 1. The maximum Gasteiger partial charge on any atom is 0.416 e. The summed E-state index contributed by atoms with van der Waals surface area (Å²) in [7, 11) is 0. The Morgan fingerprint density at radius 2 is 1.71 bits per heavy atom. The monoisotopic (exact) mass is 296 g/mol. The van der Waals surface area contributed by atoms with Crippen LogP contribution in [0.3, 0.4) is 0 Å². The van der Waals surface area contributed by atoms with E-state index < -0.39 is 17.7 Å². The highest BCUT2D eigenvalue weighted by atomic mass is 19.4. The number of aromatic carboxylic acids is 1. The van der Waals surface area contributed by atoms with Crippen molar-refractivity contribution in [1.29, 1.82) is 0 Å². The second-order valence-electron chi connectivity index (χ2n) is 4.41. The minimum atomic E-state index is -4.40. The molecular weight excluding hydrogens is 285 g/mol. The lowest BCUT2D eigenvalue weighted by molar-refractivity contribution is -0.137. The van der Waals surface area contributed by atoms with Crippen LogP contribution in [0.4, 0.5) is 13.2 Å². The zero-order valence-corrected chi connectivity index (χ0v) is 10.9. The van der Waals surface area contributed by atoms with Crippen LogP contribution in [-0.4, -0.2) is 11.1 Å². The van der Waals surface area contributed by atoms with Crippen molar-refractivity contribution in [3.63, 3.8) is 0 Å². The Kier molecular flexibility index (Phi) is 3.88. The van der Waals surface area contributed by atoms with Gasteiger partial charge >= 0.3 is 12.1 Å². The second kappa shape index (κ2) is 5.47. The van der Waals surface area contributed by atoms with E-state index in [1.807, 2.05) is 0 Å². The van der Waals surface area contributed by atoms with Crippen molar-refractivity contribution in [1.82, 2.24) is 0 Å². The molecule has 21 heavy (non-hydrogen) atoms. The number of halogens is 3.